The second-order valence-corrected chi connectivity index (χ2v) is 9.37. The predicted octanol–water partition coefficient (Wildman–Crippen LogP) is 4.85. The Morgan fingerprint density at radius 2 is 1.89 bits per heavy atom. The van der Waals surface area contributed by atoms with Crippen molar-refractivity contribution in [1.29, 1.82) is 0 Å². The minimum atomic E-state index is -0.904. The summed E-state index contributed by atoms with van der Waals surface area (Å²) in [4.78, 5) is 30.5. The Kier molecular flexibility index (Phi) is 8.91. The summed E-state index contributed by atoms with van der Waals surface area (Å²) in [5, 5.41) is 4.37. The van der Waals surface area contributed by atoms with Gasteiger partial charge in [0.05, 0.1) is 12.2 Å². The number of hydrogen-bond acceptors (Lipinski definition) is 6. The molecule has 3 amide bonds. The van der Waals surface area contributed by atoms with Gasteiger partial charge in [-0.3, -0.25) is 4.79 Å². The number of fused-ring (bicyclic) bond motifs is 1. The summed E-state index contributed by atoms with van der Waals surface area (Å²) >= 11 is 1.53. The third-order valence-corrected chi connectivity index (χ3v) is 6.51. The van der Waals surface area contributed by atoms with Crippen LogP contribution in [0.3, 0.4) is 0 Å². The summed E-state index contributed by atoms with van der Waals surface area (Å²) in [7, 11) is 1.54. The van der Waals surface area contributed by atoms with Gasteiger partial charge in [-0.2, -0.15) is 0 Å². The second kappa shape index (κ2) is 12.5. The highest BCUT2D eigenvalue weighted by molar-refractivity contribution is 7.09. The van der Waals surface area contributed by atoms with Gasteiger partial charge in [0.15, 0.2) is 11.5 Å². The molecule has 0 bridgehead atoms. The van der Waals surface area contributed by atoms with Crippen LogP contribution in [0.1, 0.15) is 16.9 Å². The number of hydrogen-bond donors (Lipinski definition) is 1. The van der Waals surface area contributed by atoms with Crippen LogP contribution in [0.2, 0.25) is 0 Å². The van der Waals surface area contributed by atoms with Crippen molar-refractivity contribution in [1.82, 2.24) is 9.80 Å². The number of methoxy groups -OCH3 is 1. The fourth-order valence-corrected chi connectivity index (χ4v) is 4.50. The highest BCUT2D eigenvalue weighted by Gasteiger charge is 2.24. The molecule has 0 fully saturated rings. The van der Waals surface area contributed by atoms with Gasteiger partial charge in [0.25, 0.3) is 0 Å². The topological polar surface area (TPSA) is 80.3 Å². The predicted molar refractivity (Wildman–Crippen MR) is 135 cm³/mol. The Bertz CT molecular complexity index is 1220. The molecule has 196 valence electrons. The van der Waals surface area contributed by atoms with Crippen LogP contribution in [0, 0.1) is 11.6 Å². The average molecular weight is 532 g/mol. The first kappa shape index (κ1) is 26.4. The maximum Gasteiger partial charge on any atom is 0.322 e. The lowest BCUT2D eigenvalue weighted by atomic mass is 10.2. The zero-order valence-electron chi connectivity index (χ0n) is 20.2. The fraction of sp³-hybridized carbons (Fsp3) is 0.308. The van der Waals surface area contributed by atoms with E-state index in [1.54, 1.807) is 11.0 Å². The summed E-state index contributed by atoms with van der Waals surface area (Å²) in [5.74, 6) is -0.691. The van der Waals surface area contributed by atoms with E-state index in [1.807, 2.05) is 29.6 Å². The van der Waals surface area contributed by atoms with E-state index in [2.05, 4.69) is 5.32 Å². The van der Waals surface area contributed by atoms with Crippen LogP contribution in [0.4, 0.5) is 19.3 Å². The molecule has 0 aliphatic carbocycles. The van der Waals surface area contributed by atoms with Gasteiger partial charge in [-0.1, -0.05) is 12.1 Å². The van der Waals surface area contributed by atoms with Crippen LogP contribution >= 0.6 is 11.3 Å². The number of nitrogens with zero attached hydrogens (tertiary/aromatic N) is 2. The minimum Gasteiger partial charge on any atom is -0.454 e. The van der Waals surface area contributed by atoms with E-state index >= 15 is 0 Å². The van der Waals surface area contributed by atoms with Crippen molar-refractivity contribution in [3.05, 3.63) is 76.0 Å². The molecule has 8 nitrogen and oxygen atoms in total. The van der Waals surface area contributed by atoms with Gasteiger partial charge in [-0.05, 0) is 47.7 Å². The number of nitrogens with one attached hydrogen (secondary N) is 1. The highest BCUT2D eigenvalue weighted by Crippen LogP contribution is 2.33. The lowest BCUT2D eigenvalue weighted by Gasteiger charge is -2.28. The maximum absolute atomic E-state index is 14.1. The number of halogens is 2. The molecule has 2 heterocycles. The van der Waals surface area contributed by atoms with E-state index in [0.717, 1.165) is 22.6 Å². The molecule has 3 aromatic rings. The number of carbonyl (C=O) groups excluding carboxylic acids is 2. The van der Waals surface area contributed by atoms with E-state index in [1.165, 1.54) is 23.3 Å². The molecule has 0 saturated carbocycles. The van der Waals surface area contributed by atoms with Gasteiger partial charge in [-0.15, -0.1) is 11.3 Å². The van der Waals surface area contributed by atoms with Gasteiger partial charge in [0.1, 0.15) is 18.2 Å². The third-order valence-electron chi connectivity index (χ3n) is 5.65. The number of thiophene rings is 1. The van der Waals surface area contributed by atoms with Gasteiger partial charge < -0.3 is 29.3 Å². The lowest BCUT2D eigenvalue weighted by molar-refractivity contribution is -0.133. The first-order valence-corrected chi connectivity index (χ1v) is 12.5. The molecule has 0 atom stereocenters. The van der Waals surface area contributed by atoms with Crippen molar-refractivity contribution in [3.8, 4) is 11.5 Å². The van der Waals surface area contributed by atoms with Crippen molar-refractivity contribution in [3.63, 3.8) is 0 Å². The molecule has 4 rings (SSSR count). The van der Waals surface area contributed by atoms with Gasteiger partial charge >= 0.3 is 6.03 Å². The van der Waals surface area contributed by atoms with Gasteiger partial charge in [0.2, 0.25) is 12.7 Å². The normalized spacial score (nSPS) is 11.9. The molecule has 0 saturated heterocycles. The number of urea groups is 1. The largest absolute Gasteiger partial charge is 0.454 e. The molecule has 37 heavy (non-hydrogen) atoms. The molecule has 1 aliphatic rings. The summed E-state index contributed by atoms with van der Waals surface area (Å²) in [6.45, 7) is 1.12. The first-order chi connectivity index (χ1) is 17.9. The Hall–Kier alpha value is -3.70. The smallest absolute Gasteiger partial charge is 0.322 e. The molecule has 1 aliphatic heterocycles. The summed E-state index contributed by atoms with van der Waals surface area (Å²) in [6, 6.07) is 11.5. The van der Waals surface area contributed by atoms with Crippen LogP contribution in [0.5, 0.6) is 11.5 Å². The summed E-state index contributed by atoms with van der Waals surface area (Å²) in [6.07, 6.45) is 0.468. The average Bonchev–Trinajstić information content (AvgIpc) is 3.56. The van der Waals surface area contributed by atoms with E-state index in [-0.39, 0.29) is 38.0 Å². The van der Waals surface area contributed by atoms with Crippen molar-refractivity contribution < 1.29 is 32.6 Å². The van der Waals surface area contributed by atoms with Crippen LogP contribution in [-0.2, 0) is 22.6 Å². The molecule has 11 heteroatoms. The van der Waals surface area contributed by atoms with Gasteiger partial charge in [0, 0.05) is 37.7 Å². The van der Waals surface area contributed by atoms with Crippen LogP contribution in [-0.4, -0.2) is 55.3 Å². The van der Waals surface area contributed by atoms with E-state index in [4.69, 9.17) is 14.2 Å². The molecule has 0 unspecified atom stereocenters. The lowest BCUT2D eigenvalue weighted by Crippen LogP contribution is -2.44. The van der Waals surface area contributed by atoms with Gasteiger partial charge in [-0.25, -0.2) is 13.6 Å². The molecular weight excluding hydrogens is 504 g/mol. The van der Waals surface area contributed by atoms with Crippen molar-refractivity contribution in [2.75, 3.05) is 38.9 Å². The Morgan fingerprint density at radius 1 is 1.05 bits per heavy atom. The Balaban J connectivity index is 1.50. The van der Waals surface area contributed by atoms with E-state index < -0.39 is 17.7 Å². The standard InChI is InChI=1S/C26H27F2N3O5S/c1-34-10-3-9-30(26(33)29-22-7-6-19(27)13-21(22)28)16-25(32)31(15-20-4-2-11-37-20)14-18-5-8-23-24(12-18)36-17-35-23/h2,4-8,11-13H,3,9-10,14-17H2,1H3,(H,29,33). The number of rotatable bonds is 11. The Labute approximate surface area is 217 Å². The van der Waals surface area contributed by atoms with Crippen molar-refractivity contribution in [2.45, 2.75) is 19.5 Å². The van der Waals surface area contributed by atoms with E-state index in [0.29, 0.717) is 37.1 Å². The number of ether oxygens (including phenoxy) is 3. The number of amides is 3. The highest BCUT2D eigenvalue weighted by atomic mass is 32.1. The fourth-order valence-electron chi connectivity index (χ4n) is 3.78. The minimum absolute atomic E-state index is 0.150. The molecular formula is C26H27F2N3O5S. The zero-order valence-corrected chi connectivity index (χ0v) is 21.1. The molecule has 0 radical (unpaired) electrons. The summed E-state index contributed by atoms with van der Waals surface area (Å²) in [5.41, 5.74) is 0.671. The number of benzene rings is 2. The zero-order chi connectivity index (χ0) is 26.2. The van der Waals surface area contributed by atoms with Crippen LogP contribution < -0.4 is 14.8 Å². The number of carbonyl (C=O) groups is 2. The Morgan fingerprint density at radius 3 is 2.65 bits per heavy atom. The van der Waals surface area contributed by atoms with E-state index in [9.17, 15) is 18.4 Å². The molecule has 0 spiro atoms. The SMILES string of the molecule is COCCCN(CC(=O)N(Cc1ccc2c(c1)OCO2)Cc1cccs1)C(=O)Nc1ccc(F)cc1F. The first-order valence-electron chi connectivity index (χ1n) is 11.6. The maximum atomic E-state index is 14.1. The molecule has 2 aromatic carbocycles. The second-order valence-electron chi connectivity index (χ2n) is 8.34. The van der Waals surface area contributed by atoms with Crippen LogP contribution in [0.15, 0.2) is 53.9 Å². The molecule has 1 aromatic heterocycles. The molecule has 1 N–H and O–H groups in total. The number of anilines is 1. The van der Waals surface area contributed by atoms with Crippen molar-refractivity contribution >= 4 is 29.0 Å². The van der Waals surface area contributed by atoms with Crippen LogP contribution in [0.25, 0.3) is 0 Å². The van der Waals surface area contributed by atoms with Crippen molar-refractivity contribution in [2.24, 2.45) is 0 Å². The quantitative estimate of drug-likeness (QED) is 0.358. The summed E-state index contributed by atoms with van der Waals surface area (Å²) < 4.78 is 43.3. The third kappa shape index (κ3) is 7.17. The monoisotopic (exact) mass is 531 g/mol.